The van der Waals surface area contributed by atoms with Crippen LogP contribution in [0.25, 0.3) is 0 Å². The molecule has 1 atom stereocenters. The molecule has 1 aromatic rings. The van der Waals surface area contributed by atoms with Gasteiger partial charge in [-0.2, -0.15) is 11.3 Å². The summed E-state index contributed by atoms with van der Waals surface area (Å²) in [5, 5.41) is 4.22. The van der Waals surface area contributed by atoms with Gasteiger partial charge in [0.1, 0.15) is 0 Å². The fourth-order valence-corrected chi connectivity index (χ4v) is 1.76. The lowest BCUT2D eigenvalue weighted by Crippen LogP contribution is -2.18. The van der Waals surface area contributed by atoms with E-state index >= 15 is 0 Å². The Hall–Kier alpha value is -0.380. The molecule has 1 unspecified atom stereocenters. The van der Waals surface area contributed by atoms with Crippen molar-refractivity contribution in [1.29, 1.82) is 0 Å². The van der Waals surface area contributed by atoms with Crippen LogP contribution in [0, 0.1) is 0 Å². The molecule has 0 saturated heterocycles. The van der Waals surface area contributed by atoms with Crippen LogP contribution in [0.5, 0.6) is 0 Å². The van der Waals surface area contributed by atoms with Crippen LogP contribution in [0.4, 0.5) is 0 Å². The first-order valence-electron chi connectivity index (χ1n) is 4.48. The summed E-state index contributed by atoms with van der Waals surface area (Å²) < 4.78 is 5.66. The summed E-state index contributed by atoms with van der Waals surface area (Å²) in [6.45, 7) is 3.87. The summed E-state index contributed by atoms with van der Waals surface area (Å²) in [7, 11) is 4.11. The number of thiophene rings is 1. The van der Waals surface area contributed by atoms with E-state index in [4.69, 9.17) is 4.74 Å². The van der Waals surface area contributed by atoms with Crippen LogP contribution in [0.2, 0.25) is 0 Å². The molecule has 0 saturated carbocycles. The van der Waals surface area contributed by atoms with Crippen molar-refractivity contribution in [3.63, 3.8) is 0 Å². The molecule has 0 amide bonds. The molecule has 0 spiro atoms. The van der Waals surface area contributed by atoms with E-state index in [0.29, 0.717) is 0 Å². The SMILES string of the molecule is CC(OCCN(C)C)c1ccsc1. The first kappa shape index (κ1) is 10.7. The monoisotopic (exact) mass is 199 g/mol. The quantitative estimate of drug-likeness (QED) is 0.722. The van der Waals surface area contributed by atoms with E-state index in [1.54, 1.807) is 11.3 Å². The van der Waals surface area contributed by atoms with Gasteiger partial charge in [-0.15, -0.1) is 0 Å². The van der Waals surface area contributed by atoms with Gasteiger partial charge in [-0.25, -0.2) is 0 Å². The van der Waals surface area contributed by atoms with E-state index in [9.17, 15) is 0 Å². The van der Waals surface area contributed by atoms with Gasteiger partial charge in [0.15, 0.2) is 0 Å². The maximum absolute atomic E-state index is 5.66. The van der Waals surface area contributed by atoms with Gasteiger partial charge in [0.05, 0.1) is 12.7 Å². The highest BCUT2D eigenvalue weighted by Crippen LogP contribution is 2.18. The zero-order chi connectivity index (χ0) is 9.68. The molecule has 0 radical (unpaired) electrons. The molecule has 0 aromatic carbocycles. The van der Waals surface area contributed by atoms with Gasteiger partial charge >= 0.3 is 0 Å². The molecule has 0 bridgehead atoms. The van der Waals surface area contributed by atoms with Gasteiger partial charge in [-0.1, -0.05) is 0 Å². The summed E-state index contributed by atoms with van der Waals surface area (Å²) in [6.07, 6.45) is 0.228. The average molecular weight is 199 g/mol. The van der Waals surface area contributed by atoms with Crippen LogP contribution in [0.3, 0.4) is 0 Å². The number of ether oxygens (including phenoxy) is 1. The van der Waals surface area contributed by atoms with Gasteiger partial charge in [0, 0.05) is 6.54 Å². The Morgan fingerprint density at radius 2 is 2.31 bits per heavy atom. The minimum atomic E-state index is 0.228. The van der Waals surface area contributed by atoms with E-state index < -0.39 is 0 Å². The van der Waals surface area contributed by atoms with Crippen molar-refractivity contribution in [3.05, 3.63) is 22.4 Å². The van der Waals surface area contributed by atoms with E-state index in [1.165, 1.54) is 5.56 Å². The normalized spacial score (nSPS) is 13.5. The minimum absolute atomic E-state index is 0.228. The van der Waals surface area contributed by atoms with Crippen molar-refractivity contribution >= 4 is 11.3 Å². The molecule has 2 nitrogen and oxygen atoms in total. The second-order valence-electron chi connectivity index (χ2n) is 3.37. The molecule has 1 aromatic heterocycles. The Labute approximate surface area is 84.1 Å². The Kier molecular flexibility index (Phi) is 4.42. The van der Waals surface area contributed by atoms with Gasteiger partial charge < -0.3 is 9.64 Å². The van der Waals surface area contributed by atoms with Crippen molar-refractivity contribution in [2.24, 2.45) is 0 Å². The largest absolute Gasteiger partial charge is 0.372 e. The van der Waals surface area contributed by atoms with Crippen molar-refractivity contribution in [1.82, 2.24) is 4.90 Å². The van der Waals surface area contributed by atoms with Crippen LogP contribution < -0.4 is 0 Å². The van der Waals surface area contributed by atoms with Crippen LogP contribution in [0.15, 0.2) is 16.8 Å². The highest BCUT2D eigenvalue weighted by molar-refractivity contribution is 7.07. The third kappa shape index (κ3) is 3.89. The van der Waals surface area contributed by atoms with Gasteiger partial charge in [-0.05, 0) is 43.4 Å². The van der Waals surface area contributed by atoms with Crippen LogP contribution in [-0.4, -0.2) is 32.1 Å². The molecule has 0 N–H and O–H groups in total. The molecule has 74 valence electrons. The predicted octanol–water partition coefficient (Wildman–Crippen LogP) is 2.39. The Balaban J connectivity index is 2.22. The molecule has 3 heteroatoms. The van der Waals surface area contributed by atoms with E-state index in [-0.39, 0.29) is 6.10 Å². The lowest BCUT2D eigenvalue weighted by atomic mass is 10.2. The van der Waals surface area contributed by atoms with Crippen LogP contribution in [0.1, 0.15) is 18.6 Å². The molecule has 13 heavy (non-hydrogen) atoms. The van der Waals surface area contributed by atoms with Gasteiger partial charge in [0.2, 0.25) is 0 Å². The third-order valence-corrected chi connectivity index (χ3v) is 2.62. The number of rotatable bonds is 5. The zero-order valence-corrected chi connectivity index (χ0v) is 9.30. The molecule has 0 aliphatic carbocycles. The minimum Gasteiger partial charge on any atom is -0.372 e. The maximum atomic E-state index is 5.66. The fourth-order valence-electron chi connectivity index (χ4n) is 1.01. The number of hydrogen-bond acceptors (Lipinski definition) is 3. The summed E-state index contributed by atoms with van der Waals surface area (Å²) >= 11 is 1.72. The Bertz CT molecular complexity index is 221. The highest BCUT2D eigenvalue weighted by Gasteiger charge is 2.05. The van der Waals surface area contributed by atoms with E-state index in [2.05, 4.69) is 42.7 Å². The summed E-state index contributed by atoms with van der Waals surface area (Å²) in [4.78, 5) is 2.13. The topological polar surface area (TPSA) is 12.5 Å². The molecule has 1 heterocycles. The molecule has 0 aliphatic rings. The average Bonchev–Trinajstić information content (AvgIpc) is 2.55. The molecular formula is C10H17NOS. The summed E-state index contributed by atoms with van der Waals surface area (Å²) in [5.74, 6) is 0. The van der Waals surface area contributed by atoms with Crippen LogP contribution in [-0.2, 0) is 4.74 Å². The first-order valence-corrected chi connectivity index (χ1v) is 5.43. The molecule has 0 aliphatic heterocycles. The number of nitrogens with zero attached hydrogens (tertiary/aromatic N) is 1. The molecule has 1 rings (SSSR count). The van der Waals surface area contributed by atoms with E-state index in [1.807, 2.05) is 0 Å². The van der Waals surface area contributed by atoms with Gasteiger partial charge in [-0.3, -0.25) is 0 Å². The van der Waals surface area contributed by atoms with Gasteiger partial charge in [0.25, 0.3) is 0 Å². The third-order valence-electron chi connectivity index (χ3n) is 1.92. The van der Waals surface area contributed by atoms with Crippen molar-refractivity contribution in [3.8, 4) is 0 Å². The summed E-state index contributed by atoms with van der Waals surface area (Å²) in [5.41, 5.74) is 1.28. The second-order valence-corrected chi connectivity index (χ2v) is 4.15. The maximum Gasteiger partial charge on any atom is 0.0805 e. The smallest absolute Gasteiger partial charge is 0.0805 e. The van der Waals surface area contributed by atoms with Crippen molar-refractivity contribution in [2.75, 3.05) is 27.2 Å². The highest BCUT2D eigenvalue weighted by atomic mass is 32.1. The molecule has 0 fully saturated rings. The number of likely N-dealkylation sites (N-methyl/N-ethyl adjacent to an activating group) is 1. The zero-order valence-electron chi connectivity index (χ0n) is 8.49. The Morgan fingerprint density at radius 1 is 1.54 bits per heavy atom. The first-order chi connectivity index (χ1) is 6.20. The summed E-state index contributed by atoms with van der Waals surface area (Å²) in [6, 6.07) is 2.12. The van der Waals surface area contributed by atoms with Crippen LogP contribution >= 0.6 is 11.3 Å². The second kappa shape index (κ2) is 5.37. The predicted molar refractivity (Wildman–Crippen MR) is 57.2 cm³/mol. The lowest BCUT2D eigenvalue weighted by Gasteiger charge is -2.14. The molecular weight excluding hydrogens is 182 g/mol. The number of hydrogen-bond donors (Lipinski definition) is 0. The standard InChI is InChI=1S/C10H17NOS/c1-9(10-4-7-13-8-10)12-6-5-11(2)3/h4,7-9H,5-6H2,1-3H3. The Morgan fingerprint density at radius 3 is 2.85 bits per heavy atom. The van der Waals surface area contributed by atoms with E-state index in [0.717, 1.165) is 13.2 Å². The van der Waals surface area contributed by atoms with Crippen molar-refractivity contribution < 1.29 is 4.74 Å². The van der Waals surface area contributed by atoms with Crippen molar-refractivity contribution in [2.45, 2.75) is 13.0 Å². The fraction of sp³-hybridized carbons (Fsp3) is 0.600. The lowest BCUT2D eigenvalue weighted by molar-refractivity contribution is 0.0558.